The molecule has 2 aromatic carbocycles. The van der Waals surface area contributed by atoms with E-state index < -0.39 is 41.0 Å². The molecule has 0 aliphatic carbocycles. The van der Waals surface area contributed by atoms with Crippen molar-refractivity contribution in [2.75, 3.05) is 7.05 Å². The summed E-state index contributed by atoms with van der Waals surface area (Å²) in [4.78, 5) is 14.0. The van der Waals surface area contributed by atoms with Gasteiger partial charge < -0.3 is 4.90 Å². The summed E-state index contributed by atoms with van der Waals surface area (Å²) >= 11 is 11.9. The number of allylic oxidation sites excluding steroid dienone is 1. The van der Waals surface area contributed by atoms with E-state index in [0.29, 0.717) is 30.5 Å². The van der Waals surface area contributed by atoms with Gasteiger partial charge in [-0.2, -0.15) is 26.3 Å². The van der Waals surface area contributed by atoms with Crippen LogP contribution in [0.4, 0.5) is 26.3 Å². The maximum absolute atomic E-state index is 13.1. The maximum Gasteiger partial charge on any atom is 0.416 e. The van der Waals surface area contributed by atoms with E-state index in [1.165, 1.54) is 19.2 Å². The zero-order valence-electron chi connectivity index (χ0n) is 16.1. The number of carbonyl (C=O) groups is 1. The number of nitrogens with zero attached hydrogens (tertiary/aromatic N) is 1. The molecule has 0 saturated heterocycles. The first-order valence-corrected chi connectivity index (χ1v) is 9.63. The van der Waals surface area contributed by atoms with Crippen LogP contribution in [-0.2, 0) is 12.4 Å². The second-order valence-electron chi connectivity index (χ2n) is 6.77. The van der Waals surface area contributed by atoms with Gasteiger partial charge in [0, 0.05) is 12.6 Å². The van der Waals surface area contributed by atoms with Crippen LogP contribution < -0.4 is 0 Å². The van der Waals surface area contributed by atoms with Gasteiger partial charge in [0.2, 0.25) is 0 Å². The van der Waals surface area contributed by atoms with Crippen LogP contribution in [0.15, 0.2) is 49.1 Å². The number of hydrogen-bond acceptors (Lipinski definition) is 1. The van der Waals surface area contributed by atoms with E-state index in [1.807, 2.05) is 0 Å². The first-order chi connectivity index (χ1) is 14.3. The van der Waals surface area contributed by atoms with E-state index in [0.717, 1.165) is 4.90 Å². The van der Waals surface area contributed by atoms with Crippen molar-refractivity contribution in [1.29, 1.82) is 0 Å². The first-order valence-electron chi connectivity index (χ1n) is 8.88. The van der Waals surface area contributed by atoms with Gasteiger partial charge >= 0.3 is 12.4 Å². The van der Waals surface area contributed by atoms with Crippen molar-refractivity contribution in [1.82, 2.24) is 4.90 Å². The Morgan fingerprint density at radius 3 is 2.00 bits per heavy atom. The standard InChI is InChI=1S/C21H17Cl2F6NO/c1-3-4-5-18(12-6-7-16(22)17(23)10-12)30(2)19(31)13-8-14(20(24,25)26)11-15(9-13)21(27,28)29/h3,6-11,18H,1,4-5H2,2H3. The topological polar surface area (TPSA) is 20.3 Å². The fourth-order valence-electron chi connectivity index (χ4n) is 3.00. The van der Waals surface area contributed by atoms with Gasteiger partial charge in [0.1, 0.15) is 0 Å². The average molecular weight is 484 g/mol. The summed E-state index contributed by atoms with van der Waals surface area (Å²) in [5, 5.41) is 0.455. The summed E-state index contributed by atoms with van der Waals surface area (Å²) in [6, 6.07) is 4.67. The van der Waals surface area contributed by atoms with Crippen molar-refractivity contribution in [3.05, 3.63) is 81.4 Å². The highest BCUT2D eigenvalue weighted by Gasteiger charge is 2.38. The van der Waals surface area contributed by atoms with E-state index in [4.69, 9.17) is 23.2 Å². The van der Waals surface area contributed by atoms with Crippen molar-refractivity contribution < 1.29 is 31.1 Å². The SMILES string of the molecule is C=CCCC(c1ccc(Cl)c(Cl)c1)N(C)C(=O)c1cc(C(F)(F)F)cc(C(F)(F)F)c1. The zero-order valence-corrected chi connectivity index (χ0v) is 17.6. The number of benzene rings is 2. The Bertz CT molecular complexity index is 939. The van der Waals surface area contributed by atoms with E-state index in [-0.39, 0.29) is 16.1 Å². The van der Waals surface area contributed by atoms with Gasteiger partial charge in [0.15, 0.2) is 0 Å². The Hall–Kier alpha value is -2.19. The number of halogens is 8. The molecule has 0 spiro atoms. The molecule has 0 aliphatic heterocycles. The molecule has 0 bridgehead atoms. The van der Waals surface area contributed by atoms with Crippen molar-refractivity contribution in [2.24, 2.45) is 0 Å². The van der Waals surface area contributed by atoms with E-state index in [9.17, 15) is 31.1 Å². The van der Waals surface area contributed by atoms with E-state index in [1.54, 1.807) is 12.1 Å². The molecule has 2 rings (SSSR count). The minimum atomic E-state index is -5.05. The van der Waals surface area contributed by atoms with Crippen LogP contribution in [0.2, 0.25) is 10.0 Å². The Kier molecular flexibility index (Phi) is 7.70. The molecule has 2 nitrogen and oxygen atoms in total. The summed E-state index contributed by atoms with van der Waals surface area (Å²) in [6.07, 6.45) is -7.79. The molecular formula is C21H17Cl2F6NO. The third-order valence-corrected chi connectivity index (χ3v) is 5.33. The van der Waals surface area contributed by atoms with Crippen LogP contribution in [-0.4, -0.2) is 17.9 Å². The first kappa shape index (κ1) is 25.1. The highest BCUT2D eigenvalue weighted by Crippen LogP contribution is 2.37. The Morgan fingerprint density at radius 1 is 1.00 bits per heavy atom. The molecule has 0 fully saturated rings. The lowest BCUT2D eigenvalue weighted by molar-refractivity contribution is -0.143. The summed E-state index contributed by atoms with van der Waals surface area (Å²) in [5.41, 5.74) is -3.32. The summed E-state index contributed by atoms with van der Waals surface area (Å²) in [7, 11) is 1.30. The third-order valence-electron chi connectivity index (χ3n) is 4.60. The fraction of sp³-hybridized carbons (Fsp3) is 0.286. The predicted octanol–water partition coefficient (Wildman–Crippen LogP) is 7.81. The molecule has 0 heterocycles. The van der Waals surface area contributed by atoms with Crippen LogP contribution in [0.25, 0.3) is 0 Å². The van der Waals surface area contributed by atoms with Gasteiger partial charge in [0.25, 0.3) is 5.91 Å². The molecule has 1 atom stereocenters. The van der Waals surface area contributed by atoms with E-state index >= 15 is 0 Å². The lowest BCUT2D eigenvalue weighted by Crippen LogP contribution is -2.32. The zero-order chi connectivity index (χ0) is 23.6. The average Bonchev–Trinajstić information content (AvgIpc) is 2.68. The van der Waals surface area contributed by atoms with Crippen LogP contribution in [0.5, 0.6) is 0 Å². The van der Waals surface area contributed by atoms with Gasteiger partial charge in [-0.05, 0) is 48.7 Å². The van der Waals surface area contributed by atoms with Gasteiger partial charge in [-0.25, -0.2) is 0 Å². The molecule has 31 heavy (non-hydrogen) atoms. The minimum Gasteiger partial charge on any atom is -0.335 e. The maximum atomic E-state index is 13.1. The normalized spacial score (nSPS) is 13.1. The molecule has 2 aromatic rings. The van der Waals surface area contributed by atoms with Crippen molar-refractivity contribution >= 4 is 29.1 Å². The Balaban J connectivity index is 2.52. The molecular weight excluding hydrogens is 467 g/mol. The highest BCUT2D eigenvalue weighted by molar-refractivity contribution is 6.42. The van der Waals surface area contributed by atoms with E-state index in [2.05, 4.69) is 6.58 Å². The van der Waals surface area contributed by atoms with Crippen LogP contribution in [0.1, 0.15) is 45.9 Å². The summed E-state index contributed by atoms with van der Waals surface area (Å²) in [6.45, 7) is 3.60. The molecule has 1 amide bonds. The van der Waals surface area contributed by atoms with Gasteiger partial charge in [-0.3, -0.25) is 4.79 Å². The Morgan fingerprint density at radius 2 is 1.55 bits per heavy atom. The van der Waals surface area contributed by atoms with Crippen molar-refractivity contribution in [3.8, 4) is 0 Å². The highest BCUT2D eigenvalue weighted by atomic mass is 35.5. The number of amides is 1. The summed E-state index contributed by atoms with van der Waals surface area (Å²) < 4.78 is 78.9. The van der Waals surface area contributed by atoms with Gasteiger partial charge in [-0.1, -0.05) is 35.3 Å². The monoisotopic (exact) mass is 483 g/mol. The lowest BCUT2D eigenvalue weighted by atomic mass is 9.98. The molecule has 1 unspecified atom stereocenters. The van der Waals surface area contributed by atoms with Crippen molar-refractivity contribution in [3.63, 3.8) is 0 Å². The van der Waals surface area contributed by atoms with Crippen molar-refractivity contribution in [2.45, 2.75) is 31.2 Å². The summed E-state index contributed by atoms with van der Waals surface area (Å²) in [5.74, 6) is -1.00. The number of rotatable bonds is 6. The number of hydrogen-bond donors (Lipinski definition) is 0. The molecule has 0 aromatic heterocycles. The fourth-order valence-corrected chi connectivity index (χ4v) is 3.31. The quantitative estimate of drug-likeness (QED) is 0.303. The molecule has 10 heteroatoms. The number of alkyl halides is 6. The smallest absolute Gasteiger partial charge is 0.335 e. The van der Waals surface area contributed by atoms with Crippen LogP contribution in [0.3, 0.4) is 0 Å². The molecule has 0 radical (unpaired) electrons. The second-order valence-corrected chi connectivity index (χ2v) is 7.58. The number of carbonyl (C=O) groups excluding carboxylic acids is 1. The van der Waals surface area contributed by atoms with Crippen LogP contribution in [0, 0.1) is 0 Å². The third kappa shape index (κ3) is 6.17. The minimum absolute atomic E-state index is 0.0229. The second kappa shape index (κ2) is 9.53. The largest absolute Gasteiger partial charge is 0.416 e. The van der Waals surface area contributed by atoms with Crippen LogP contribution >= 0.6 is 23.2 Å². The molecule has 0 N–H and O–H groups in total. The molecule has 0 saturated carbocycles. The predicted molar refractivity (Wildman–Crippen MR) is 107 cm³/mol. The Labute approximate surface area is 185 Å². The lowest BCUT2D eigenvalue weighted by Gasteiger charge is -2.29. The molecule has 0 aliphatic rings. The van der Waals surface area contributed by atoms with Gasteiger partial charge in [0.05, 0.1) is 27.2 Å². The van der Waals surface area contributed by atoms with Gasteiger partial charge in [-0.15, -0.1) is 6.58 Å². The molecule has 168 valence electrons.